The molecule has 1 fully saturated rings. The van der Waals surface area contributed by atoms with Gasteiger partial charge in [-0.1, -0.05) is 12.8 Å². The lowest BCUT2D eigenvalue weighted by molar-refractivity contribution is 0.503. The molecule has 5 heteroatoms. The molecule has 20 heavy (non-hydrogen) atoms. The van der Waals surface area contributed by atoms with Crippen molar-refractivity contribution in [2.75, 3.05) is 11.9 Å². The fourth-order valence-electron chi connectivity index (χ4n) is 2.80. The van der Waals surface area contributed by atoms with Crippen LogP contribution in [0, 0.1) is 0 Å². The molecule has 0 aliphatic heterocycles. The van der Waals surface area contributed by atoms with Gasteiger partial charge < -0.3 is 9.88 Å². The number of hydrogen-bond donors (Lipinski definition) is 1. The molecule has 1 aliphatic carbocycles. The molecule has 0 bridgehead atoms. The molecule has 3 rings (SSSR count). The first-order valence-corrected chi connectivity index (χ1v) is 8.08. The molecule has 0 spiro atoms. The fourth-order valence-corrected chi connectivity index (χ4v) is 3.59. The van der Waals surface area contributed by atoms with Crippen LogP contribution in [0.15, 0.2) is 28.5 Å². The number of rotatable bonds is 4. The molecule has 0 radical (unpaired) electrons. The molecular formula is C15H19N3OS. The zero-order valence-electron chi connectivity index (χ0n) is 11.6. The molecule has 2 aromatic heterocycles. The Hall–Kier alpha value is -1.62. The van der Waals surface area contributed by atoms with E-state index in [1.54, 1.807) is 11.3 Å². The van der Waals surface area contributed by atoms with Crippen molar-refractivity contribution in [3.8, 4) is 11.3 Å². The van der Waals surface area contributed by atoms with Gasteiger partial charge in [0.05, 0.1) is 11.3 Å². The summed E-state index contributed by atoms with van der Waals surface area (Å²) in [7, 11) is 0. The molecule has 106 valence electrons. The van der Waals surface area contributed by atoms with E-state index in [1.807, 2.05) is 35.2 Å². The van der Waals surface area contributed by atoms with Gasteiger partial charge in [-0.3, -0.25) is 4.79 Å². The van der Waals surface area contributed by atoms with E-state index in [1.165, 1.54) is 12.8 Å². The number of anilines is 1. The second-order valence-electron chi connectivity index (χ2n) is 5.14. The third-order valence-electron chi connectivity index (χ3n) is 3.80. The van der Waals surface area contributed by atoms with Gasteiger partial charge in [0, 0.05) is 24.2 Å². The van der Waals surface area contributed by atoms with Crippen molar-refractivity contribution in [2.24, 2.45) is 0 Å². The lowest BCUT2D eigenvalue weighted by atomic mass is 10.2. The highest BCUT2D eigenvalue weighted by Crippen LogP contribution is 2.29. The number of nitrogens with one attached hydrogen (secondary N) is 1. The maximum atomic E-state index is 12.6. The molecular weight excluding hydrogens is 270 g/mol. The Morgan fingerprint density at radius 1 is 1.45 bits per heavy atom. The van der Waals surface area contributed by atoms with Crippen LogP contribution in [0.5, 0.6) is 0 Å². The van der Waals surface area contributed by atoms with Crippen molar-refractivity contribution in [2.45, 2.75) is 38.6 Å². The third-order valence-corrected chi connectivity index (χ3v) is 4.60. The molecule has 0 unspecified atom stereocenters. The SMILES string of the molecule is CCNc1nc(-c2cccn(C3CCCC3)c2=O)cs1. The summed E-state index contributed by atoms with van der Waals surface area (Å²) < 4.78 is 1.90. The summed E-state index contributed by atoms with van der Waals surface area (Å²) in [6, 6.07) is 4.20. The lowest BCUT2D eigenvalue weighted by Gasteiger charge is -2.13. The van der Waals surface area contributed by atoms with E-state index in [4.69, 9.17) is 0 Å². The van der Waals surface area contributed by atoms with Crippen molar-refractivity contribution >= 4 is 16.5 Å². The molecule has 0 atom stereocenters. The van der Waals surface area contributed by atoms with E-state index < -0.39 is 0 Å². The maximum Gasteiger partial charge on any atom is 0.260 e. The van der Waals surface area contributed by atoms with Gasteiger partial charge in [0.1, 0.15) is 0 Å². The number of thiazole rings is 1. The van der Waals surface area contributed by atoms with Crippen molar-refractivity contribution in [1.82, 2.24) is 9.55 Å². The van der Waals surface area contributed by atoms with Gasteiger partial charge in [0.25, 0.3) is 5.56 Å². The smallest absolute Gasteiger partial charge is 0.260 e. The van der Waals surface area contributed by atoms with Gasteiger partial charge in [-0.2, -0.15) is 0 Å². The minimum Gasteiger partial charge on any atom is -0.362 e. The Morgan fingerprint density at radius 3 is 3.00 bits per heavy atom. The highest BCUT2D eigenvalue weighted by Gasteiger charge is 2.19. The van der Waals surface area contributed by atoms with Gasteiger partial charge in [-0.25, -0.2) is 4.98 Å². The molecule has 0 aromatic carbocycles. The summed E-state index contributed by atoms with van der Waals surface area (Å²) in [5, 5.41) is 6.01. The molecule has 2 aromatic rings. The predicted octanol–water partition coefficient (Wildman–Crippen LogP) is 3.52. The summed E-state index contributed by atoms with van der Waals surface area (Å²) in [6.45, 7) is 2.88. The predicted molar refractivity (Wildman–Crippen MR) is 83.5 cm³/mol. The maximum absolute atomic E-state index is 12.6. The van der Waals surface area contributed by atoms with Crippen LogP contribution in [0.1, 0.15) is 38.6 Å². The average molecular weight is 289 g/mol. The van der Waals surface area contributed by atoms with Gasteiger partial charge >= 0.3 is 0 Å². The van der Waals surface area contributed by atoms with E-state index in [0.29, 0.717) is 11.6 Å². The largest absolute Gasteiger partial charge is 0.362 e. The first-order valence-electron chi connectivity index (χ1n) is 7.20. The van der Waals surface area contributed by atoms with Crippen LogP contribution in [0.2, 0.25) is 0 Å². The van der Waals surface area contributed by atoms with Crippen molar-refractivity contribution in [3.05, 3.63) is 34.1 Å². The van der Waals surface area contributed by atoms with Crippen LogP contribution in [0.4, 0.5) is 5.13 Å². The Labute approximate surface area is 122 Å². The lowest BCUT2D eigenvalue weighted by Crippen LogP contribution is -2.24. The highest BCUT2D eigenvalue weighted by molar-refractivity contribution is 7.14. The molecule has 0 amide bonds. The van der Waals surface area contributed by atoms with E-state index >= 15 is 0 Å². The van der Waals surface area contributed by atoms with E-state index in [-0.39, 0.29) is 5.56 Å². The van der Waals surface area contributed by atoms with Gasteiger partial charge in [-0.05, 0) is 31.9 Å². The minimum absolute atomic E-state index is 0.0905. The second kappa shape index (κ2) is 5.79. The molecule has 2 heterocycles. The summed E-state index contributed by atoms with van der Waals surface area (Å²) >= 11 is 1.55. The quantitative estimate of drug-likeness (QED) is 0.936. The van der Waals surface area contributed by atoms with E-state index in [0.717, 1.165) is 30.2 Å². The fraction of sp³-hybridized carbons (Fsp3) is 0.467. The minimum atomic E-state index is 0.0905. The first kappa shape index (κ1) is 13.4. The second-order valence-corrected chi connectivity index (χ2v) is 6.00. The number of aromatic nitrogens is 2. The van der Waals surface area contributed by atoms with Crippen molar-refractivity contribution in [3.63, 3.8) is 0 Å². The molecule has 0 saturated heterocycles. The van der Waals surface area contributed by atoms with Crippen LogP contribution in [-0.2, 0) is 0 Å². The van der Waals surface area contributed by atoms with Crippen LogP contribution in [-0.4, -0.2) is 16.1 Å². The number of pyridine rings is 1. The van der Waals surface area contributed by atoms with E-state index in [2.05, 4.69) is 10.3 Å². The molecule has 1 aliphatic rings. The molecule has 1 N–H and O–H groups in total. The third kappa shape index (κ3) is 2.50. The van der Waals surface area contributed by atoms with Gasteiger partial charge in [-0.15, -0.1) is 11.3 Å². The number of nitrogens with zero attached hydrogens (tertiary/aromatic N) is 2. The summed E-state index contributed by atoms with van der Waals surface area (Å²) in [4.78, 5) is 17.1. The zero-order chi connectivity index (χ0) is 13.9. The number of hydrogen-bond acceptors (Lipinski definition) is 4. The average Bonchev–Trinajstić information content (AvgIpc) is 3.10. The summed E-state index contributed by atoms with van der Waals surface area (Å²) in [6.07, 6.45) is 6.59. The summed E-state index contributed by atoms with van der Waals surface area (Å²) in [5.74, 6) is 0. The zero-order valence-corrected chi connectivity index (χ0v) is 12.4. The van der Waals surface area contributed by atoms with Crippen LogP contribution < -0.4 is 10.9 Å². The Balaban J connectivity index is 1.96. The summed E-state index contributed by atoms with van der Waals surface area (Å²) in [5.41, 5.74) is 1.58. The first-order chi connectivity index (χ1) is 9.79. The van der Waals surface area contributed by atoms with Gasteiger partial charge in [0.2, 0.25) is 0 Å². The highest BCUT2D eigenvalue weighted by atomic mass is 32.1. The van der Waals surface area contributed by atoms with Crippen molar-refractivity contribution < 1.29 is 0 Å². The van der Waals surface area contributed by atoms with Crippen LogP contribution >= 0.6 is 11.3 Å². The standard InChI is InChI=1S/C15H19N3OS/c1-2-16-15-17-13(10-20-15)12-8-5-9-18(14(12)19)11-6-3-4-7-11/h5,8-11H,2-4,6-7H2,1H3,(H,16,17). The Kier molecular flexibility index (Phi) is 3.87. The van der Waals surface area contributed by atoms with Crippen molar-refractivity contribution in [1.29, 1.82) is 0 Å². The molecule has 1 saturated carbocycles. The van der Waals surface area contributed by atoms with E-state index in [9.17, 15) is 4.79 Å². The monoisotopic (exact) mass is 289 g/mol. The Bertz CT molecular complexity index is 641. The van der Waals surface area contributed by atoms with Crippen LogP contribution in [0.3, 0.4) is 0 Å². The normalized spacial score (nSPS) is 15.7. The Morgan fingerprint density at radius 2 is 2.25 bits per heavy atom. The van der Waals surface area contributed by atoms with Crippen LogP contribution in [0.25, 0.3) is 11.3 Å². The topological polar surface area (TPSA) is 46.9 Å². The van der Waals surface area contributed by atoms with Gasteiger partial charge in [0.15, 0.2) is 5.13 Å². The molecule has 4 nitrogen and oxygen atoms in total.